The second-order valence-corrected chi connectivity index (χ2v) is 6.80. The number of nitrogens with zero attached hydrogens (tertiary/aromatic N) is 3. The van der Waals surface area contributed by atoms with Crippen molar-refractivity contribution in [2.45, 2.75) is 53.5 Å². The first-order valence-corrected chi connectivity index (χ1v) is 8.35. The highest BCUT2D eigenvalue weighted by Crippen LogP contribution is 2.29. The lowest BCUT2D eigenvalue weighted by Crippen LogP contribution is -2.11. The summed E-state index contributed by atoms with van der Waals surface area (Å²) in [5.74, 6) is 1.61. The lowest BCUT2D eigenvalue weighted by molar-refractivity contribution is 0.816. The lowest BCUT2D eigenvalue weighted by Gasteiger charge is -2.16. The van der Waals surface area contributed by atoms with E-state index in [2.05, 4.69) is 34.1 Å². The Labute approximate surface area is 135 Å². The third kappa shape index (κ3) is 3.71. The molecule has 2 rings (SSSR count). The van der Waals surface area contributed by atoms with Gasteiger partial charge in [-0.1, -0.05) is 18.5 Å². The van der Waals surface area contributed by atoms with Gasteiger partial charge in [-0.2, -0.15) is 0 Å². The van der Waals surface area contributed by atoms with Crippen LogP contribution in [0.25, 0.3) is 0 Å². The van der Waals surface area contributed by atoms with Crippen molar-refractivity contribution in [1.82, 2.24) is 15.0 Å². The number of hydrogen-bond donors (Lipinski definition) is 1. The SMILES string of the molecule is CCCc1nc(Cl)c(C)c(NC(C)c2sc(C)nc2C)n1. The maximum absolute atomic E-state index is 6.22. The third-order valence-corrected chi connectivity index (χ3v) is 4.92. The number of anilines is 1. The largest absolute Gasteiger partial charge is 0.362 e. The van der Waals surface area contributed by atoms with Crippen LogP contribution in [0.4, 0.5) is 5.82 Å². The number of thiazole rings is 1. The van der Waals surface area contributed by atoms with E-state index >= 15 is 0 Å². The quantitative estimate of drug-likeness (QED) is 0.814. The van der Waals surface area contributed by atoms with Crippen LogP contribution in [0, 0.1) is 20.8 Å². The molecule has 0 spiro atoms. The summed E-state index contributed by atoms with van der Waals surface area (Å²) in [4.78, 5) is 14.6. The highest BCUT2D eigenvalue weighted by atomic mass is 35.5. The molecule has 0 bridgehead atoms. The fourth-order valence-electron chi connectivity index (χ4n) is 2.23. The van der Waals surface area contributed by atoms with Crippen LogP contribution in [0.2, 0.25) is 5.15 Å². The molecule has 0 fully saturated rings. The van der Waals surface area contributed by atoms with Crippen LogP contribution >= 0.6 is 22.9 Å². The van der Waals surface area contributed by atoms with E-state index in [1.54, 1.807) is 11.3 Å². The Hall–Kier alpha value is -1.20. The zero-order valence-electron chi connectivity index (χ0n) is 13.1. The molecule has 2 aromatic heterocycles. The van der Waals surface area contributed by atoms with E-state index in [1.165, 1.54) is 4.88 Å². The van der Waals surface area contributed by atoms with Gasteiger partial charge in [0.15, 0.2) is 0 Å². The Morgan fingerprint density at radius 2 is 1.90 bits per heavy atom. The molecule has 0 aliphatic rings. The maximum atomic E-state index is 6.22. The molecule has 114 valence electrons. The number of hydrogen-bond acceptors (Lipinski definition) is 5. The van der Waals surface area contributed by atoms with Gasteiger partial charge in [-0.25, -0.2) is 15.0 Å². The van der Waals surface area contributed by atoms with Gasteiger partial charge < -0.3 is 5.32 Å². The van der Waals surface area contributed by atoms with Gasteiger partial charge in [-0.05, 0) is 34.1 Å². The Balaban J connectivity index is 2.28. The van der Waals surface area contributed by atoms with E-state index in [4.69, 9.17) is 11.6 Å². The summed E-state index contributed by atoms with van der Waals surface area (Å²) in [7, 11) is 0. The van der Waals surface area contributed by atoms with Crippen molar-refractivity contribution in [3.05, 3.63) is 32.1 Å². The van der Waals surface area contributed by atoms with Crippen LogP contribution in [-0.2, 0) is 6.42 Å². The van der Waals surface area contributed by atoms with E-state index in [0.717, 1.165) is 40.7 Å². The predicted octanol–water partition coefficient (Wildman–Crippen LogP) is 4.64. The first kappa shape index (κ1) is 16.2. The van der Waals surface area contributed by atoms with Crippen molar-refractivity contribution in [3.8, 4) is 0 Å². The molecule has 0 amide bonds. The Morgan fingerprint density at radius 3 is 2.48 bits per heavy atom. The van der Waals surface area contributed by atoms with Crippen molar-refractivity contribution in [1.29, 1.82) is 0 Å². The average Bonchev–Trinajstić information content (AvgIpc) is 2.75. The molecule has 0 aliphatic carbocycles. The van der Waals surface area contributed by atoms with Crippen LogP contribution < -0.4 is 5.32 Å². The van der Waals surface area contributed by atoms with Gasteiger partial charge in [0, 0.05) is 16.9 Å². The minimum Gasteiger partial charge on any atom is -0.362 e. The smallest absolute Gasteiger partial charge is 0.137 e. The molecule has 21 heavy (non-hydrogen) atoms. The van der Waals surface area contributed by atoms with Crippen molar-refractivity contribution >= 4 is 28.8 Å². The van der Waals surface area contributed by atoms with Gasteiger partial charge in [0.05, 0.1) is 16.7 Å². The summed E-state index contributed by atoms with van der Waals surface area (Å²) in [6.45, 7) is 10.2. The Kier molecular flexibility index (Phi) is 5.17. The average molecular weight is 325 g/mol. The van der Waals surface area contributed by atoms with Gasteiger partial charge in [0.25, 0.3) is 0 Å². The number of halogens is 1. The summed E-state index contributed by atoms with van der Waals surface area (Å²) in [5.41, 5.74) is 1.96. The van der Waals surface area contributed by atoms with E-state index in [0.29, 0.717) is 5.15 Å². The third-order valence-electron chi connectivity index (χ3n) is 3.29. The summed E-state index contributed by atoms with van der Waals surface area (Å²) < 4.78 is 0. The summed E-state index contributed by atoms with van der Waals surface area (Å²) in [5, 5.41) is 5.07. The van der Waals surface area contributed by atoms with Crippen molar-refractivity contribution < 1.29 is 0 Å². The fraction of sp³-hybridized carbons (Fsp3) is 0.533. The van der Waals surface area contributed by atoms with Gasteiger partial charge >= 0.3 is 0 Å². The Bertz CT molecular complexity index is 639. The summed E-state index contributed by atoms with van der Waals surface area (Å²) in [6.07, 6.45) is 1.84. The molecule has 4 nitrogen and oxygen atoms in total. The maximum Gasteiger partial charge on any atom is 0.137 e. The molecule has 2 heterocycles. The summed E-state index contributed by atoms with van der Waals surface area (Å²) >= 11 is 7.93. The molecule has 0 saturated carbocycles. The van der Waals surface area contributed by atoms with Gasteiger partial charge in [0.2, 0.25) is 0 Å². The molecule has 1 N–H and O–H groups in total. The van der Waals surface area contributed by atoms with E-state index < -0.39 is 0 Å². The molecule has 0 radical (unpaired) electrons. The first-order valence-electron chi connectivity index (χ1n) is 7.15. The molecule has 0 aromatic carbocycles. The van der Waals surface area contributed by atoms with Gasteiger partial charge in [-0.3, -0.25) is 0 Å². The lowest BCUT2D eigenvalue weighted by atomic mass is 10.2. The molecular formula is C15H21ClN4S. The summed E-state index contributed by atoms with van der Waals surface area (Å²) in [6, 6.07) is 0.148. The van der Waals surface area contributed by atoms with E-state index in [9.17, 15) is 0 Å². The zero-order chi connectivity index (χ0) is 15.6. The van der Waals surface area contributed by atoms with E-state index in [-0.39, 0.29) is 6.04 Å². The van der Waals surface area contributed by atoms with E-state index in [1.807, 2.05) is 20.8 Å². The van der Waals surface area contributed by atoms with Crippen LogP contribution in [0.5, 0.6) is 0 Å². The van der Waals surface area contributed by atoms with Crippen molar-refractivity contribution in [3.63, 3.8) is 0 Å². The predicted molar refractivity (Wildman–Crippen MR) is 89.4 cm³/mol. The van der Waals surface area contributed by atoms with Gasteiger partial charge in [0.1, 0.15) is 16.8 Å². The topological polar surface area (TPSA) is 50.7 Å². The fourth-order valence-corrected chi connectivity index (χ4v) is 3.35. The number of aromatic nitrogens is 3. The zero-order valence-corrected chi connectivity index (χ0v) is 14.7. The number of aryl methyl sites for hydroxylation is 3. The second kappa shape index (κ2) is 6.71. The highest BCUT2D eigenvalue weighted by Gasteiger charge is 2.16. The van der Waals surface area contributed by atoms with Gasteiger partial charge in [-0.15, -0.1) is 11.3 Å². The minimum atomic E-state index is 0.148. The molecule has 6 heteroatoms. The molecule has 1 unspecified atom stereocenters. The Morgan fingerprint density at radius 1 is 1.19 bits per heavy atom. The monoisotopic (exact) mass is 324 g/mol. The van der Waals surface area contributed by atoms with Crippen LogP contribution in [0.15, 0.2) is 0 Å². The van der Waals surface area contributed by atoms with Crippen LogP contribution in [-0.4, -0.2) is 15.0 Å². The molecule has 2 aromatic rings. The first-order chi connectivity index (χ1) is 9.92. The standard InChI is InChI=1S/C15H21ClN4S/c1-6-7-12-19-14(16)8(2)15(20-12)18-10(4)13-9(3)17-11(5)21-13/h10H,6-7H2,1-5H3,(H,18,19,20). The number of rotatable bonds is 5. The van der Waals surface area contributed by atoms with Crippen molar-refractivity contribution in [2.75, 3.05) is 5.32 Å². The van der Waals surface area contributed by atoms with Crippen LogP contribution in [0.3, 0.4) is 0 Å². The van der Waals surface area contributed by atoms with Crippen LogP contribution in [0.1, 0.15) is 53.3 Å². The molecule has 0 saturated heterocycles. The molecule has 0 aliphatic heterocycles. The normalized spacial score (nSPS) is 12.5. The molecule has 1 atom stereocenters. The minimum absolute atomic E-state index is 0.148. The van der Waals surface area contributed by atoms with Crippen molar-refractivity contribution in [2.24, 2.45) is 0 Å². The highest BCUT2D eigenvalue weighted by molar-refractivity contribution is 7.11. The number of nitrogens with one attached hydrogen (secondary N) is 1. The molecular weight excluding hydrogens is 304 g/mol. The second-order valence-electron chi connectivity index (χ2n) is 5.20.